The molecule has 3 heteroatoms. The third-order valence-corrected chi connectivity index (χ3v) is 3.57. The maximum atomic E-state index is 12.0. The summed E-state index contributed by atoms with van der Waals surface area (Å²) >= 11 is 0. The van der Waals surface area contributed by atoms with Gasteiger partial charge < -0.3 is 10.4 Å². The first kappa shape index (κ1) is 13.6. The Hall–Kier alpha value is -1.79. The fraction of sp³-hybridized carbons (Fsp3) is 0.438. The topological polar surface area (TPSA) is 49.3 Å². The van der Waals surface area contributed by atoms with E-state index in [0.29, 0.717) is 11.5 Å². The highest BCUT2D eigenvalue weighted by molar-refractivity contribution is 5.94. The first-order valence-corrected chi connectivity index (χ1v) is 6.69. The lowest BCUT2D eigenvalue weighted by atomic mass is 9.85. The van der Waals surface area contributed by atoms with Crippen LogP contribution in [0, 0.1) is 24.7 Å². The van der Waals surface area contributed by atoms with E-state index in [1.54, 1.807) is 6.07 Å². The van der Waals surface area contributed by atoms with Gasteiger partial charge in [-0.05, 0) is 49.4 Å². The van der Waals surface area contributed by atoms with Crippen molar-refractivity contribution in [2.24, 2.45) is 5.92 Å². The second kappa shape index (κ2) is 6.40. The molecule has 1 fully saturated rings. The highest BCUT2D eigenvalue weighted by atomic mass is 16.2. The Balaban J connectivity index is 1.99. The zero-order valence-corrected chi connectivity index (χ0v) is 11.2. The summed E-state index contributed by atoms with van der Waals surface area (Å²) in [6.07, 6.45) is 3.75. The van der Waals surface area contributed by atoms with E-state index < -0.39 is 0 Å². The van der Waals surface area contributed by atoms with Gasteiger partial charge in [0.05, 0.1) is 0 Å². The van der Waals surface area contributed by atoms with Crippen LogP contribution < -0.4 is 5.32 Å². The molecular formula is C16H19NO2. The summed E-state index contributed by atoms with van der Waals surface area (Å²) in [7, 11) is 0. The van der Waals surface area contributed by atoms with Crippen LogP contribution in [0.15, 0.2) is 18.2 Å². The zero-order valence-electron chi connectivity index (χ0n) is 11.2. The van der Waals surface area contributed by atoms with E-state index in [2.05, 4.69) is 17.2 Å². The summed E-state index contributed by atoms with van der Waals surface area (Å²) in [4.78, 5) is 12.0. The molecule has 2 rings (SSSR count). The summed E-state index contributed by atoms with van der Waals surface area (Å²) in [5, 5.41) is 11.7. The van der Waals surface area contributed by atoms with Gasteiger partial charge in [-0.3, -0.25) is 4.79 Å². The van der Waals surface area contributed by atoms with Crippen LogP contribution in [-0.2, 0) is 0 Å². The van der Waals surface area contributed by atoms with Crippen molar-refractivity contribution in [2.75, 3.05) is 13.2 Å². The van der Waals surface area contributed by atoms with E-state index in [1.165, 1.54) is 19.3 Å². The van der Waals surface area contributed by atoms with Crippen LogP contribution >= 0.6 is 0 Å². The average Bonchev–Trinajstić information content (AvgIpc) is 2.35. The molecule has 1 saturated carbocycles. The van der Waals surface area contributed by atoms with Crippen molar-refractivity contribution in [3.05, 3.63) is 34.9 Å². The molecule has 0 spiro atoms. The molecule has 0 bridgehead atoms. The van der Waals surface area contributed by atoms with Gasteiger partial charge in [-0.1, -0.05) is 18.3 Å². The summed E-state index contributed by atoms with van der Waals surface area (Å²) < 4.78 is 0. The zero-order chi connectivity index (χ0) is 13.7. The van der Waals surface area contributed by atoms with Crippen LogP contribution in [0.5, 0.6) is 0 Å². The number of aryl methyl sites for hydroxylation is 1. The molecule has 1 amide bonds. The Labute approximate surface area is 114 Å². The van der Waals surface area contributed by atoms with E-state index in [1.807, 2.05) is 19.1 Å². The minimum Gasteiger partial charge on any atom is -0.384 e. The van der Waals surface area contributed by atoms with E-state index >= 15 is 0 Å². The normalized spacial score (nSPS) is 14.2. The number of aliphatic hydroxyl groups is 1. The molecule has 1 aromatic rings. The average molecular weight is 257 g/mol. The quantitative estimate of drug-likeness (QED) is 0.812. The molecule has 0 aliphatic heterocycles. The van der Waals surface area contributed by atoms with Crippen molar-refractivity contribution in [2.45, 2.75) is 26.2 Å². The lowest BCUT2D eigenvalue weighted by Crippen LogP contribution is -2.32. The summed E-state index contributed by atoms with van der Waals surface area (Å²) in [5.41, 5.74) is 2.48. The van der Waals surface area contributed by atoms with Crippen molar-refractivity contribution < 1.29 is 9.90 Å². The minimum absolute atomic E-state index is 0.0170. The first-order chi connectivity index (χ1) is 9.20. The Kier molecular flexibility index (Phi) is 4.59. The third kappa shape index (κ3) is 3.59. The van der Waals surface area contributed by atoms with Gasteiger partial charge in [-0.25, -0.2) is 0 Å². The van der Waals surface area contributed by atoms with E-state index in [4.69, 9.17) is 5.11 Å². The maximum absolute atomic E-state index is 12.0. The van der Waals surface area contributed by atoms with E-state index in [0.717, 1.165) is 17.7 Å². The molecule has 1 aliphatic carbocycles. The number of carbonyl (C=O) groups excluding carboxylic acids is 1. The Morgan fingerprint density at radius 2 is 2.26 bits per heavy atom. The molecule has 0 saturated heterocycles. The molecule has 0 unspecified atom stereocenters. The summed E-state index contributed by atoms with van der Waals surface area (Å²) in [6.45, 7) is 2.55. The molecule has 100 valence electrons. The number of amides is 1. The van der Waals surface area contributed by atoms with Crippen molar-refractivity contribution in [1.82, 2.24) is 5.32 Å². The van der Waals surface area contributed by atoms with Gasteiger partial charge in [-0.15, -0.1) is 0 Å². The number of rotatable bonds is 3. The van der Waals surface area contributed by atoms with Crippen LogP contribution in [0.1, 0.15) is 40.7 Å². The molecule has 0 aromatic heterocycles. The largest absolute Gasteiger partial charge is 0.384 e. The number of benzene rings is 1. The molecule has 1 aliphatic rings. The molecule has 0 heterocycles. The van der Waals surface area contributed by atoms with Crippen LogP contribution in [-0.4, -0.2) is 24.2 Å². The van der Waals surface area contributed by atoms with Crippen molar-refractivity contribution in [3.8, 4) is 11.8 Å². The van der Waals surface area contributed by atoms with Crippen molar-refractivity contribution >= 4 is 5.91 Å². The van der Waals surface area contributed by atoms with Crippen LogP contribution in [0.3, 0.4) is 0 Å². The van der Waals surface area contributed by atoms with Crippen molar-refractivity contribution in [3.63, 3.8) is 0 Å². The molecule has 2 N–H and O–H groups in total. The van der Waals surface area contributed by atoms with Gasteiger partial charge in [0.15, 0.2) is 0 Å². The Bertz CT molecular complexity index is 521. The third-order valence-electron chi connectivity index (χ3n) is 3.57. The van der Waals surface area contributed by atoms with E-state index in [9.17, 15) is 4.79 Å². The van der Waals surface area contributed by atoms with Gasteiger partial charge >= 0.3 is 0 Å². The van der Waals surface area contributed by atoms with Gasteiger partial charge in [-0.2, -0.15) is 0 Å². The molecule has 1 aromatic carbocycles. The predicted molar refractivity (Wildman–Crippen MR) is 74.8 cm³/mol. The predicted octanol–water partition coefficient (Wildman–Crippen LogP) is 1.87. The molecule has 19 heavy (non-hydrogen) atoms. The SMILES string of the molecule is Cc1cc(C(=O)NCC2CCC2)ccc1C#CCO. The number of hydrogen-bond donors (Lipinski definition) is 2. The molecular weight excluding hydrogens is 238 g/mol. The Morgan fingerprint density at radius 3 is 2.84 bits per heavy atom. The monoisotopic (exact) mass is 257 g/mol. The molecule has 3 nitrogen and oxygen atoms in total. The highest BCUT2D eigenvalue weighted by Crippen LogP contribution is 2.25. The number of hydrogen-bond acceptors (Lipinski definition) is 2. The smallest absolute Gasteiger partial charge is 0.251 e. The number of carbonyl (C=O) groups is 1. The van der Waals surface area contributed by atoms with E-state index in [-0.39, 0.29) is 12.5 Å². The van der Waals surface area contributed by atoms with Gasteiger partial charge in [0.2, 0.25) is 0 Å². The first-order valence-electron chi connectivity index (χ1n) is 6.69. The highest BCUT2D eigenvalue weighted by Gasteiger charge is 2.18. The molecule has 0 radical (unpaired) electrons. The fourth-order valence-corrected chi connectivity index (χ4v) is 2.12. The molecule has 0 atom stereocenters. The van der Waals surface area contributed by atoms with Gasteiger partial charge in [0, 0.05) is 17.7 Å². The van der Waals surface area contributed by atoms with Crippen LogP contribution in [0.2, 0.25) is 0 Å². The Morgan fingerprint density at radius 1 is 1.47 bits per heavy atom. The van der Waals surface area contributed by atoms with Gasteiger partial charge in [0.25, 0.3) is 5.91 Å². The summed E-state index contributed by atoms with van der Waals surface area (Å²) in [5.74, 6) is 6.13. The second-order valence-corrected chi connectivity index (χ2v) is 5.00. The number of nitrogens with one attached hydrogen (secondary N) is 1. The fourth-order valence-electron chi connectivity index (χ4n) is 2.12. The lowest BCUT2D eigenvalue weighted by Gasteiger charge is -2.25. The van der Waals surface area contributed by atoms with Crippen molar-refractivity contribution in [1.29, 1.82) is 0 Å². The van der Waals surface area contributed by atoms with Gasteiger partial charge in [0.1, 0.15) is 6.61 Å². The lowest BCUT2D eigenvalue weighted by molar-refractivity contribution is 0.0939. The minimum atomic E-state index is -0.150. The second-order valence-electron chi connectivity index (χ2n) is 5.00. The number of aliphatic hydroxyl groups excluding tert-OH is 1. The van der Waals surface area contributed by atoms with Crippen LogP contribution in [0.4, 0.5) is 0 Å². The standard InChI is InChI=1S/C16H19NO2/c1-12-10-15(8-7-14(12)6-3-9-18)16(19)17-11-13-4-2-5-13/h7-8,10,13,18H,2,4-5,9,11H2,1H3,(H,17,19). The maximum Gasteiger partial charge on any atom is 0.251 e. The van der Waals surface area contributed by atoms with Crippen LogP contribution in [0.25, 0.3) is 0 Å². The summed E-state index contributed by atoms with van der Waals surface area (Å²) in [6, 6.07) is 5.46.